The van der Waals surface area contributed by atoms with Crippen LogP contribution in [0.1, 0.15) is 123 Å². The van der Waals surface area contributed by atoms with Crippen LogP contribution in [0.3, 0.4) is 0 Å². The van der Waals surface area contributed by atoms with Crippen molar-refractivity contribution in [1.82, 2.24) is 0 Å². The number of hydrogen-bond acceptors (Lipinski definition) is 10. The van der Waals surface area contributed by atoms with Crippen molar-refractivity contribution < 1.29 is 53.1 Å². The predicted octanol–water partition coefficient (Wildman–Crippen LogP) is 5.89. The minimum atomic E-state index is -0.799. The van der Waals surface area contributed by atoms with Gasteiger partial charge < -0.3 is 33.9 Å². The fourth-order valence-electron chi connectivity index (χ4n) is 13.4. The first-order valence-corrected chi connectivity index (χ1v) is 20.1. The van der Waals surface area contributed by atoms with Gasteiger partial charge in [-0.3, -0.25) is 14.4 Å². The molecule has 0 aromatic carbocycles. The van der Waals surface area contributed by atoms with Gasteiger partial charge in [-0.05, 0) is 126 Å². The third-order valence-electron chi connectivity index (χ3n) is 14.8. The van der Waals surface area contributed by atoms with Crippen LogP contribution < -0.4 is 0 Å². The second-order valence-corrected chi connectivity index (χ2v) is 19.3. The molecule has 0 radical (unpaired) electrons. The lowest BCUT2D eigenvalue weighted by Gasteiger charge is -2.58. The molecule has 11 heteroatoms. The molecule has 9 aliphatic rings. The molecular weight excluding hydrogens is 668 g/mol. The minimum Gasteiger partial charge on any atom is -0.481 e. The molecule has 0 aromatic rings. The average molecular weight is 727 g/mol. The van der Waals surface area contributed by atoms with Crippen molar-refractivity contribution in [3.63, 3.8) is 0 Å². The topological polar surface area (TPSA) is 155 Å². The zero-order chi connectivity index (χ0) is 36.6. The van der Waals surface area contributed by atoms with Gasteiger partial charge in [-0.1, -0.05) is 26.3 Å². The van der Waals surface area contributed by atoms with E-state index in [0.717, 1.165) is 57.8 Å². The monoisotopic (exact) mass is 726 g/mol. The van der Waals surface area contributed by atoms with Crippen molar-refractivity contribution in [2.24, 2.45) is 51.8 Å². The summed E-state index contributed by atoms with van der Waals surface area (Å²) in [5, 5.41) is 21.6. The van der Waals surface area contributed by atoms with Crippen molar-refractivity contribution in [2.45, 2.75) is 153 Å². The summed E-state index contributed by atoms with van der Waals surface area (Å²) < 4.78 is 31.1. The number of carbonyl (C=O) groups excluding carboxylic acids is 3. The van der Waals surface area contributed by atoms with Gasteiger partial charge in [0.25, 0.3) is 0 Å². The van der Waals surface area contributed by atoms with Crippen LogP contribution in [0.2, 0.25) is 0 Å². The first-order valence-electron chi connectivity index (χ1n) is 20.1. The van der Waals surface area contributed by atoms with Crippen molar-refractivity contribution in [3.05, 3.63) is 12.2 Å². The molecule has 288 valence electrons. The van der Waals surface area contributed by atoms with E-state index < -0.39 is 52.3 Å². The van der Waals surface area contributed by atoms with Crippen LogP contribution >= 0.6 is 0 Å². The summed E-state index contributed by atoms with van der Waals surface area (Å²) in [5.74, 6) is -0.463. The van der Waals surface area contributed by atoms with Gasteiger partial charge in [0, 0.05) is 17.9 Å². The molecule has 12 atom stereocenters. The number of fused-ring (bicyclic) bond motifs is 4. The van der Waals surface area contributed by atoms with Crippen molar-refractivity contribution in [2.75, 3.05) is 13.2 Å². The largest absolute Gasteiger partial charge is 0.481 e. The number of carboxylic acid groups (broad SMARTS) is 1. The van der Waals surface area contributed by atoms with Gasteiger partial charge in [0.2, 0.25) is 0 Å². The summed E-state index contributed by atoms with van der Waals surface area (Å²) in [6, 6.07) is 0. The first kappa shape index (κ1) is 36.5. The highest BCUT2D eigenvalue weighted by molar-refractivity contribution is 5.87. The lowest BCUT2D eigenvalue weighted by atomic mass is 9.48. The Labute approximate surface area is 306 Å². The highest BCUT2D eigenvalue weighted by Gasteiger charge is 2.61. The van der Waals surface area contributed by atoms with Gasteiger partial charge in [0.15, 0.2) is 6.29 Å². The Hall–Kier alpha value is -2.50. The van der Waals surface area contributed by atoms with E-state index in [2.05, 4.69) is 13.5 Å². The molecule has 1 heterocycles. The van der Waals surface area contributed by atoms with Crippen LogP contribution in [0.4, 0.5) is 0 Å². The summed E-state index contributed by atoms with van der Waals surface area (Å²) in [7, 11) is 0. The van der Waals surface area contributed by atoms with E-state index in [9.17, 15) is 29.4 Å². The highest BCUT2D eigenvalue weighted by atomic mass is 16.7. The van der Waals surface area contributed by atoms with Crippen LogP contribution in [0.15, 0.2) is 12.2 Å². The van der Waals surface area contributed by atoms with E-state index in [4.69, 9.17) is 23.7 Å². The van der Waals surface area contributed by atoms with E-state index in [1.807, 2.05) is 0 Å². The SMILES string of the molecule is C=C(C)C(=O)OC1CC2CC(C)CC(C(=O)OCC3OC(C4CC5CCCC(C(=O)O)(C5)C4)OC3COC(=O)C34CC5CC(CC(O)(C5)C3)C4)(C2)C1. The second-order valence-electron chi connectivity index (χ2n) is 19.3. The highest BCUT2D eigenvalue weighted by Crippen LogP contribution is 2.62. The number of carboxylic acids is 1. The summed E-state index contributed by atoms with van der Waals surface area (Å²) in [5.41, 5.74) is -2.73. The molecule has 8 aliphatic carbocycles. The maximum Gasteiger partial charge on any atom is 0.333 e. The van der Waals surface area contributed by atoms with Crippen LogP contribution in [0.25, 0.3) is 0 Å². The van der Waals surface area contributed by atoms with E-state index in [1.165, 1.54) is 0 Å². The second kappa shape index (κ2) is 13.4. The van der Waals surface area contributed by atoms with Crippen molar-refractivity contribution >= 4 is 23.9 Å². The molecule has 0 spiro atoms. The van der Waals surface area contributed by atoms with Gasteiger partial charge in [-0.2, -0.15) is 0 Å². The van der Waals surface area contributed by atoms with Gasteiger partial charge in [-0.25, -0.2) is 4.79 Å². The van der Waals surface area contributed by atoms with E-state index >= 15 is 0 Å². The van der Waals surface area contributed by atoms with Crippen LogP contribution in [-0.2, 0) is 42.9 Å². The van der Waals surface area contributed by atoms with Crippen LogP contribution in [0.5, 0.6) is 0 Å². The zero-order valence-corrected chi connectivity index (χ0v) is 31.0. The molecule has 12 unspecified atom stereocenters. The van der Waals surface area contributed by atoms with Crippen molar-refractivity contribution in [3.8, 4) is 0 Å². The Morgan fingerprint density at radius 2 is 1.38 bits per heavy atom. The predicted molar refractivity (Wildman–Crippen MR) is 185 cm³/mol. The van der Waals surface area contributed by atoms with E-state index in [0.29, 0.717) is 74.7 Å². The summed E-state index contributed by atoms with van der Waals surface area (Å²) in [6.07, 6.45) is 9.85. The summed E-state index contributed by atoms with van der Waals surface area (Å²) in [4.78, 5) is 53.0. The lowest BCUT2D eigenvalue weighted by molar-refractivity contribution is -0.199. The fraction of sp³-hybridized carbons (Fsp3) is 0.854. The molecule has 11 nitrogen and oxygen atoms in total. The Balaban J connectivity index is 0.975. The maximum absolute atomic E-state index is 14.1. The molecular formula is C41H58O11. The number of rotatable bonds is 10. The Morgan fingerprint density at radius 1 is 0.750 bits per heavy atom. The minimum absolute atomic E-state index is 0.0730. The molecule has 52 heavy (non-hydrogen) atoms. The molecule has 8 bridgehead atoms. The summed E-state index contributed by atoms with van der Waals surface area (Å²) >= 11 is 0. The van der Waals surface area contributed by atoms with Gasteiger partial charge in [0.05, 0.1) is 21.8 Å². The molecule has 0 amide bonds. The van der Waals surface area contributed by atoms with Gasteiger partial charge >= 0.3 is 23.9 Å². The Kier molecular flexibility index (Phi) is 9.37. The third-order valence-corrected chi connectivity index (χ3v) is 14.8. The molecule has 1 aliphatic heterocycles. The maximum atomic E-state index is 14.1. The molecule has 8 saturated carbocycles. The number of aliphatic hydroxyl groups is 1. The number of aliphatic carboxylic acids is 1. The smallest absolute Gasteiger partial charge is 0.333 e. The van der Waals surface area contributed by atoms with E-state index in [1.54, 1.807) is 6.92 Å². The first-order chi connectivity index (χ1) is 24.7. The zero-order valence-electron chi connectivity index (χ0n) is 31.0. The van der Waals surface area contributed by atoms with Gasteiger partial charge in [-0.15, -0.1) is 0 Å². The van der Waals surface area contributed by atoms with Crippen LogP contribution in [-0.4, -0.2) is 77.5 Å². The number of ether oxygens (including phenoxy) is 5. The van der Waals surface area contributed by atoms with Crippen LogP contribution in [0, 0.1) is 51.8 Å². The fourth-order valence-corrected chi connectivity index (χ4v) is 13.4. The number of hydrogen-bond donors (Lipinski definition) is 2. The molecule has 9 rings (SSSR count). The van der Waals surface area contributed by atoms with Crippen molar-refractivity contribution in [1.29, 1.82) is 0 Å². The molecule has 1 saturated heterocycles. The lowest BCUT2D eigenvalue weighted by Crippen LogP contribution is -2.58. The standard InChI is InChI=1S/C41H58O11/c1-23(2)33(42)50-30-10-26-7-24(3)11-39(13-26,19-30)36(45)48-20-31-32(21-49-37(46)40-14-27-8-28(15-40)17-41(47,16-27)22-40)52-34(51-31)29-9-25-5-4-6-38(12-25,18-29)35(43)44/h24-32,34,47H,1,4-22H2,2-3H3,(H,43,44). The molecule has 9 fully saturated rings. The molecule has 2 N–H and O–H groups in total. The Morgan fingerprint density at radius 3 is 2.02 bits per heavy atom. The number of esters is 3. The normalized spacial score (nSPS) is 47.4. The average Bonchev–Trinajstić information content (AvgIpc) is 3.47. The van der Waals surface area contributed by atoms with Gasteiger partial charge in [0.1, 0.15) is 31.5 Å². The summed E-state index contributed by atoms with van der Waals surface area (Å²) in [6.45, 7) is 7.33. The Bertz CT molecular complexity index is 1460. The van der Waals surface area contributed by atoms with E-state index in [-0.39, 0.29) is 49.0 Å². The number of carbonyl (C=O) groups is 4. The third kappa shape index (κ3) is 6.73. The molecule has 0 aromatic heterocycles. The quantitative estimate of drug-likeness (QED) is 0.157.